The Bertz CT molecular complexity index is 527. The summed E-state index contributed by atoms with van der Waals surface area (Å²) in [6.07, 6.45) is 3.62. The number of halogens is 2. The van der Waals surface area contributed by atoms with E-state index in [2.05, 4.69) is 16.4 Å². The molecular weight excluding hydrogens is 255 g/mol. The fraction of sp³-hybridized carbons (Fsp3) is 0.154. The number of pyridine rings is 1. The number of hydrogen-bond donors (Lipinski definition) is 1. The van der Waals surface area contributed by atoms with Crippen molar-refractivity contribution in [2.45, 2.75) is 6.54 Å². The fourth-order valence-corrected chi connectivity index (χ4v) is 2.05. The monoisotopic (exact) mass is 266 g/mol. The van der Waals surface area contributed by atoms with Crippen molar-refractivity contribution in [3.05, 3.63) is 52.3 Å². The number of rotatable bonds is 3. The molecular formula is C13H12Cl2N2. The van der Waals surface area contributed by atoms with Gasteiger partial charge in [-0.2, -0.15) is 0 Å². The zero-order valence-electron chi connectivity index (χ0n) is 9.37. The van der Waals surface area contributed by atoms with Crippen molar-refractivity contribution in [3.8, 4) is 11.1 Å². The average molecular weight is 267 g/mol. The Kier molecular flexibility index (Phi) is 4.00. The normalized spacial score (nSPS) is 10.5. The van der Waals surface area contributed by atoms with E-state index in [1.54, 1.807) is 18.3 Å². The predicted molar refractivity (Wildman–Crippen MR) is 72.5 cm³/mol. The van der Waals surface area contributed by atoms with Gasteiger partial charge < -0.3 is 5.32 Å². The van der Waals surface area contributed by atoms with Crippen molar-refractivity contribution in [1.29, 1.82) is 0 Å². The first-order chi connectivity index (χ1) is 8.20. The number of benzene rings is 1. The summed E-state index contributed by atoms with van der Waals surface area (Å²) in [5.74, 6) is 0. The summed E-state index contributed by atoms with van der Waals surface area (Å²) in [5.41, 5.74) is 3.00. The maximum atomic E-state index is 6.16. The van der Waals surface area contributed by atoms with Gasteiger partial charge in [-0.15, -0.1) is 0 Å². The van der Waals surface area contributed by atoms with Crippen LogP contribution in [0, 0.1) is 0 Å². The topological polar surface area (TPSA) is 24.9 Å². The zero-order chi connectivity index (χ0) is 12.3. The lowest BCUT2D eigenvalue weighted by atomic mass is 10.1. The smallest absolute Gasteiger partial charge is 0.0486 e. The highest BCUT2D eigenvalue weighted by molar-refractivity contribution is 6.35. The summed E-state index contributed by atoms with van der Waals surface area (Å²) in [5, 5.41) is 4.44. The van der Waals surface area contributed by atoms with Gasteiger partial charge in [0.15, 0.2) is 0 Å². The minimum absolute atomic E-state index is 0.670. The first-order valence-electron chi connectivity index (χ1n) is 5.24. The molecule has 0 amide bonds. The van der Waals surface area contributed by atoms with Crippen molar-refractivity contribution < 1.29 is 0 Å². The number of hydrogen-bond acceptors (Lipinski definition) is 2. The quantitative estimate of drug-likeness (QED) is 0.915. The Morgan fingerprint density at radius 1 is 1.18 bits per heavy atom. The lowest BCUT2D eigenvalue weighted by Gasteiger charge is -2.07. The van der Waals surface area contributed by atoms with Gasteiger partial charge in [0.1, 0.15) is 0 Å². The van der Waals surface area contributed by atoms with Crippen molar-refractivity contribution in [2.24, 2.45) is 0 Å². The molecule has 4 heteroatoms. The van der Waals surface area contributed by atoms with E-state index < -0.39 is 0 Å². The molecule has 0 saturated heterocycles. The highest BCUT2D eigenvalue weighted by Crippen LogP contribution is 2.30. The van der Waals surface area contributed by atoms with Gasteiger partial charge in [-0.05, 0) is 36.9 Å². The Balaban J connectivity index is 2.45. The number of nitrogens with zero attached hydrogens (tertiary/aromatic N) is 1. The van der Waals surface area contributed by atoms with Crippen molar-refractivity contribution in [1.82, 2.24) is 10.3 Å². The van der Waals surface area contributed by atoms with Gasteiger partial charge in [0.2, 0.25) is 0 Å². The van der Waals surface area contributed by atoms with Crippen LogP contribution in [0.4, 0.5) is 0 Å². The standard InChI is InChI=1S/C13H12Cl2N2/c1-16-6-9-4-10(8-17-7-9)12-5-11(14)2-3-13(12)15/h2-5,7-8,16H,6H2,1H3. The summed E-state index contributed by atoms with van der Waals surface area (Å²) < 4.78 is 0. The second kappa shape index (κ2) is 5.50. The van der Waals surface area contributed by atoms with Gasteiger partial charge in [0.25, 0.3) is 0 Å². The third kappa shape index (κ3) is 2.97. The molecule has 0 fully saturated rings. The second-order valence-electron chi connectivity index (χ2n) is 3.74. The van der Waals surface area contributed by atoms with Crippen LogP contribution >= 0.6 is 23.2 Å². The van der Waals surface area contributed by atoms with Crippen LogP contribution in [0.25, 0.3) is 11.1 Å². The van der Waals surface area contributed by atoms with Crippen LogP contribution in [0.3, 0.4) is 0 Å². The molecule has 1 aromatic carbocycles. The minimum Gasteiger partial charge on any atom is -0.316 e. The number of aromatic nitrogens is 1. The first kappa shape index (κ1) is 12.4. The molecule has 0 aliphatic rings. The van der Waals surface area contributed by atoms with Gasteiger partial charge in [-0.3, -0.25) is 4.98 Å². The van der Waals surface area contributed by atoms with E-state index in [-0.39, 0.29) is 0 Å². The van der Waals surface area contributed by atoms with E-state index in [0.29, 0.717) is 10.0 Å². The summed E-state index contributed by atoms with van der Waals surface area (Å²) in [4.78, 5) is 4.21. The molecule has 0 unspecified atom stereocenters. The molecule has 1 heterocycles. The van der Waals surface area contributed by atoms with Crippen molar-refractivity contribution in [3.63, 3.8) is 0 Å². The van der Waals surface area contributed by atoms with Crippen LogP contribution < -0.4 is 5.32 Å². The van der Waals surface area contributed by atoms with E-state index in [1.807, 2.05) is 19.3 Å². The zero-order valence-corrected chi connectivity index (χ0v) is 10.9. The Morgan fingerprint density at radius 3 is 2.76 bits per heavy atom. The first-order valence-corrected chi connectivity index (χ1v) is 6.00. The fourth-order valence-electron chi connectivity index (χ4n) is 1.65. The molecule has 1 N–H and O–H groups in total. The van der Waals surface area contributed by atoms with Crippen molar-refractivity contribution in [2.75, 3.05) is 7.05 Å². The Morgan fingerprint density at radius 2 is 2.00 bits per heavy atom. The van der Waals surface area contributed by atoms with Crippen LogP contribution in [0.15, 0.2) is 36.7 Å². The van der Waals surface area contributed by atoms with Crippen LogP contribution in [-0.2, 0) is 6.54 Å². The van der Waals surface area contributed by atoms with Gasteiger partial charge in [-0.1, -0.05) is 23.2 Å². The highest BCUT2D eigenvalue weighted by Gasteiger charge is 2.05. The Labute approximate surface area is 111 Å². The molecule has 2 aromatic rings. The van der Waals surface area contributed by atoms with Crippen LogP contribution in [0.5, 0.6) is 0 Å². The average Bonchev–Trinajstić information content (AvgIpc) is 2.33. The van der Waals surface area contributed by atoms with E-state index in [1.165, 1.54) is 0 Å². The third-order valence-corrected chi connectivity index (χ3v) is 2.98. The van der Waals surface area contributed by atoms with Crippen LogP contribution in [0.1, 0.15) is 5.56 Å². The van der Waals surface area contributed by atoms with E-state index in [4.69, 9.17) is 23.2 Å². The third-order valence-electron chi connectivity index (χ3n) is 2.42. The SMILES string of the molecule is CNCc1cncc(-c2cc(Cl)ccc2Cl)c1. The molecule has 0 bridgehead atoms. The van der Waals surface area contributed by atoms with E-state index >= 15 is 0 Å². The molecule has 0 saturated carbocycles. The predicted octanol–water partition coefficient (Wildman–Crippen LogP) is 3.77. The molecule has 2 nitrogen and oxygen atoms in total. The van der Waals surface area contributed by atoms with Gasteiger partial charge in [0, 0.05) is 40.1 Å². The molecule has 0 radical (unpaired) electrons. The molecule has 17 heavy (non-hydrogen) atoms. The van der Waals surface area contributed by atoms with Crippen molar-refractivity contribution >= 4 is 23.2 Å². The minimum atomic E-state index is 0.670. The van der Waals surface area contributed by atoms with Crippen LogP contribution in [0.2, 0.25) is 10.0 Å². The molecule has 0 aliphatic carbocycles. The van der Waals surface area contributed by atoms with Gasteiger partial charge in [-0.25, -0.2) is 0 Å². The maximum Gasteiger partial charge on any atom is 0.0486 e. The summed E-state index contributed by atoms with van der Waals surface area (Å²) in [6.45, 7) is 0.777. The lowest BCUT2D eigenvalue weighted by Crippen LogP contribution is -2.05. The summed E-state index contributed by atoms with van der Waals surface area (Å²) >= 11 is 12.1. The molecule has 0 atom stereocenters. The maximum absolute atomic E-state index is 6.16. The Hall–Kier alpha value is -1.09. The number of nitrogens with one attached hydrogen (secondary N) is 1. The summed E-state index contributed by atoms with van der Waals surface area (Å²) in [7, 11) is 1.90. The van der Waals surface area contributed by atoms with Gasteiger partial charge >= 0.3 is 0 Å². The lowest BCUT2D eigenvalue weighted by molar-refractivity contribution is 0.813. The molecule has 0 aliphatic heterocycles. The van der Waals surface area contributed by atoms with Crippen LogP contribution in [-0.4, -0.2) is 12.0 Å². The summed E-state index contributed by atoms with van der Waals surface area (Å²) in [6, 6.07) is 7.48. The molecule has 0 spiro atoms. The molecule has 88 valence electrons. The highest BCUT2D eigenvalue weighted by atomic mass is 35.5. The largest absolute Gasteiger partial charge is 0.316 e. The molecule has 2 rings (SSSR count). The molecule has 1 aromatic heterocycles. The van der Waals surface area contributed by atoms with Gasteiger partial charge in [0.05, 0.1) is 0 Å². The van der Waals surface area contributed by atoms with E-state index in [9.17, 15) is 0 Å². The van der Waals surface area contributed by atoms with E-state index in [0.717, 1.165) is 23.2 Å². The second-order valence-corrected chi connectivity index (χ2v) is 4.58.